The lowest BCUT2D eigenvalue weighted by Crippen LogP contribution is -1.51. The number of nitrogens with zero attached hydrogens (tertiary/aromatic N) is 1. The van der Waals surface area contributed by atoms with Crippen LogP contribution in [0, 0.1) is 6.85 Å². The van der Waals surface area contributed by atoms with Crippen molar-refractivity contribution >= 4 is 27.3 Å². The van der Waals surface area contributed by atoms with Crippen LogP contribution >= 0.6 is 27.3 Å². The van der Waals surface area contributed by atoms with E-state index in [-0.39, 0.29) is 11.1 Å². The minimum absolute atomic E-state index is 0.0318. The van der Waals surface area contributed by atoms with E-state index in [1.807, 2.05) is 0 Å². The molecule has 1 nitrogen and oxygen atoms in total. The first-order valence-electron chi connectivity index (χ1n) is 3.54. The molecule has 0 aliphatic heterocycles. The van der Waals surface area contributed by atoms with Crippen LogP contribution in [0.5, 0.6) is 0 Å². The molecule has 0 aromatic carbocycles. The monoisotopic (exact) mass is 181 g/mol. The van der Waals surface area contributed by atoms with Crippen LogP contribution in [0.1, 0.15) is 10.4 Å². The van der Waals surface area contributed by atoms with E-state index in [9.17, 15) is 0 Å². The largest absolute Gasteiger partial charge is 0.237 e. The van der Waals surface area contributed by atoms with Crippen LogP contribution in [0.4, 0.5) is 0 Å². The molecule has 0 saturated heterocycles. The fourth-order valence-electron chi connectivity index (χ4n) is 0.225. The first-order valence-corrected chi connectivity index (χ1v) is 3.15. The number of halogens is 1. The smallest absolute Gasteiger partial charge is 0.159 e. The quantitative estimate of drug-likeness (QED) is 0.599. The summed E-state index contributed by atoms with van der Waals surface area (Å²) in [6, 6.07) is 0. The molecule has 0 N–H and O–H groups in total. The Labute approximate surface area is 60.1 Å². The third-order valence-corrected chi connectivity index (χ3v) is 1.65. The van der Waals surface area contributed by atoms with Crippen molar-refractivity contribution in [3.8, 4) is 0 Å². The maximum Gasteiger partial charge on any atom is 0.159 e. The van der Waals surface area contributed by atoms with Gasteiger partial charge in [-0.1, -0.05) is 0 Å². The predicted molar refractivity (Wildman–Crippen MR) is 34.6 cm³/mol. The lowest BCUT2D eigenvalue weighted by Gasteiger charge is -1.66. The van der Waals surface area contributed by atoms with Crippen molar-refractivity contribution < 1.29 is 5.48 Å². The summed E-state index contributed by atoms with van der Waals surface area (Å²) in [7, 11) is 0. The van der Waals surface area contributed by atoms with E-state index < -0.39 is 6.85 Å². The molecule has 7 heavy (non-hydrogen) atoms. The van der Waals surface area contributed by atoms with Gasteiger partial charge in [0.15, 0.2) is 3.92 Å². The SMILES string of the molecule is [2H]c1nc(Br)sc1C([2H])([2H])[2H]. The van der Waals surface area contributed by atoms with Crippen LogP contribution in [0.25, 0.3) is 0 Å². The third-order valence-electron chi connectivity index (χ3n) is 0.432. The van der Waals surface area contributed by atoms with Gasteiger partial charge in [-0.05, 0) is 22.8 Å². The summed E-state index contributed by atoms with van der Waals surface area (Å²) in [5.41, 5.74) is 0. The molecule has 0 unspecified atom stereocenters. The molecular formula is C4H4BrNS. The maximum absolute atomic E-state index is 7.16. The normalized spacial score (nSPS) is 19.6. The minimum atomic E-state index is -2.21. The average molecular weight is 182 g/mol. The van der Waals surface area contributed by atoms with E-state index in [4.69, 9.17) is 5.48 Å². The Kier molecular flexibility index (Phi) is 0.591. The van der Waals surface area contributed by atoms with Gasteiger partial charge in [-0.2, -0.15) is 0 Å². The summed E-state index contributed by atoms with van der Waals surface area (Å²) >= 11 is 3.99. The maximum atomic E-state index is 7.16. The highest BCUT2D eigenvalue weighted by atomic mass is 79.9. The zero-order valence-corrected chi connectivity index (χ0v) is 5.64. The van der Waals surface area contributed by atoms with E-state index in [1.54, 1.807) is 0 Å². The Bertz CT molecular complexity index is 268. The van der Waals surface area contributed by atoms with Crippen LogP contribution in [-0.2, 0) is 0 Å². The molecular weight excluding hydrogens is 174 g/mol. The van der Waals surface area contributed by atoms with Crippen molar-refractivity contribution in [3.63, 3.8) is 0 Å². The van der Waals surface area contributed by atoms with Crippen molar-refractivity contribution in [2.24, 2.45) is 0 Å². The van der Waals surface area contributed by atoms with Gasteiger partial charge < -0.3 is 0 Å². The van der Waals surface area contributed by atoms with E-state index in [0.717, 1.165) is 11.3 Å². The Morgan fingerprint density at radius 1 is 2.29 bits per heavy atom. The standard InChI is InChI=1S/C4H4BrNS/c1-3-2-6-4(5)7-3/h2H,1H3/i1D3,2D. The van der Waals surface area contributed by atoms with Gasteiger partial charge in [0, 0.05) is 15.2 Å². The first kappa shape index (κ1) is 2.15. The van der Waals surface area contributed by atoms with Gasteiger partial charge in [0.05, 0.1) is 1.37 Å². The molecule has 1 aromatic heterocycles. The third kappa shape index (κ3) is 1.24. The fraction of sp³-hybridized carbons (Fsp3) is 0.250. The van der Waals surface area contributed by atoms with Crippen molar-refractivity contribution in [2.45, 2.75) is 6.85 Å². The van der Waals surface area contributed by atoms with Crippen molar-refractivity contribution in [3.05, 3.63) is 15.0 Å². The second-order valence-electron chi connectivity index (χ2n) is 0.908. The molecule has 0 atom stereocenters. The topological polar surface area (TPSA) is 12.9 Å². The van der Waals surface area contributed by atoms with Gasteiger partial charge in [-0.25, -0.2) is 4.98 Å². The summed E-state index contributed by atoms with van der Waals surface area (Å²) in [4.78, 5) is 3.65. The molecule has 0 fully saturated rings. The number of rotatable bonds is 0. The molecule has 0 saturated carbocycles. The van der Waals surface area contributed by atoms with E-state index in [2.05, 4.69) is 20.9 Å². The number of hydrogen-bond acceptors (Lipinski definition) is 2. The van der Waals surface area contributed by atoms with Crippen LogP contribution in [0.15, 0.2) is 10.1 Å². The van der Waals surface area contributed by atoms with Gasteiger partial charge in [-0.3, -0.25) is 0 Å². The Hall–Kier alpha value is 0.110. The summed E-state index contributed by atoms with van der Waals surface area (Å²) in [6.45, 7) is -2.21. The summed E-state index contributed by atoms with van der Waals surface area (Å²) < 4.78 is 28.6. The highest BCUT2D eigenvalue weighted by Crippen LogP contribution is 2.16. The van der Waals surface area contributed by atoms with Crippen LogP contribution < -0.4 is 0 Å². The Morgan fingerprint density at radius 2 is 3.14 bits per heavy atom. The lowest BCUT2D eigenvalue weighted by atomic mass is 10.7. The number of aryl methyl sites for hydroxylation is 1. The van der Waals surface area contributed by atoms with Gasteiger partial charge in [0.25, 0.3) is 0 Å². The fourth-order valence-corrected chi connectivity index (χ4v) is 1.15. The molecule has 38 valence electrons. The van der Waals surface area contributed by atoms with Crippen molar-refractivity contribution in [2.75, 3.05) is 0 Å². The number of hydrogen-bond donors (Lipinski definition) is 0. The molecule has 1 heterocycles. The molecule has 0 amide bonds. The second-order valence-corrected chi connectivity index (χ2v) is 3.18. The Morgan fingerprint density at radius 3 is 3.43 bits per heavy atom. The van der Waals surface area contributed by atoms with Gasteiger partial charge in [0.1, 0.15) is 0 Å². The number of thiazole rings is 1. The van der Waals surface area contributed by atoms with Gasteiger partial charge >= 0.3 is 0 Å². The molecule has 1 rings (SSSR count). The molecule has 0 aliphatic carbocycles. The van der Waals surface area contributed by atoms with Crippen LogP contribution in [-0.4, -0.2) is 4.98 Å². The minimum Gasteiger partial charge on any atom is -0.237 e. The highest BCUT2D eigenvalue weighted by molar-refractivity contribution is 9.11. The summed E-state index contributed by atoms with van der Waals surface area (Å²) in [5, 5.41) is 0. The molecule has 1 aromatic rings. The predicted octanol–water partition coefficient (Wildman–Crippen LogP) is 2.21. The average Bonchev–Trinajstić information content (AvgIpc) is 2.08. The molecule has 0 bridgehead atoms. The molecule has 0 radical (unpaired) electrons. The number of aromatic nitrogens is 1. The van der Waals surface area contributed by atoms with Gasteiger partial charge in [-0.15, -0.1) is 11.3 Å². The first-order chi connectivity index (χ1) is 4.91. The second kappa shape index (κ2) is 1.92. The Balaban J connectivity index is 3.13. The van der Waals surface area contributed by atoms with E-state index >= 15 is 0 Å². The van der Waals surface area contributed by atoms with Gasteiger partial charge in [0.2, 0.25) is 0 Å². The van der Waals surface area contributed by atoms with Crippen LogP contribution in [0.2, 0.25) is 0 Å². The van der Waals surface area contributed by atoms with Crippen molar-refractivity contribution in [1.82, 2.24) is 4.98 Å². The molecule has 0 spiro atoms. The molecule has 3 heteroatoms. The summed E-state index contributed by atoms with van der Waals surface area (Å²) in [6.07, 6.45) is -0.165. The lowest BCUT2D eigenvalue weighted by molar-refractivity contribution is 1.35. The van der Waals surface area contributed by atoms with E-state index in [1.165, 1.54) is 0 Å². The van der Waals surface area contributed by atoms with E-state index in [0.29, 0.717) is 3.92 Å². The zero-order chi connectivity index (χ0) is 8.65. The zero-order valence-electron chi connectivity index (χ0n) is 7.23. The molecule has 0 aliphatic rings. The summed E-state index contributed by atoms with van der Waals surface area (Å²) in [5.74, 6) is 0. The van der Waals surface area contributed by atoms with Crippen LogP contribution in [0.3, 0.4) is 0 Å². The van der Waals surface area contributed by atoms with Crippen molar-refractivity contribution in [1.29, 1.82) is 0 Å². The highest BCUT2D eigenvalue weighted by Gasteiger charge is 1.88.